The Labute approximate surface area is 186 Å². The third kappa shape index (κ3) is 2.61. The van der Waals surface area contributed by atoms with Crippen LogP contribution in [0.4, 0.5) is 0 Å². The van der Waals surface area contributed by atoms with Crippen molar-refractivity contribution in [2.24, 2.45) is 46.3 Å². The van der Waals surface area contributed by atoms with Gasteiger partial charge in [0.2, 0.25) is 0 Å². The Bertz CT molecular complexity index is 851. The summed E-state index contributed by atoms with van der Waals surface area (Å²) in [6.45, 7) is 10.2. The minimum Gasteiger partial charge on any atom is -0.349 e. The molecule has 0 aromatic heterocycles. The first-order valence-corrected chi connectivity index (χ1v) is 12.8. The lowest BCUT2D eigenvalue weighted by atomic mass is 9.46. The molecule has 0 amide bonds. The van der Waals surface area contributed by atoms with Crippen molar-refractivity contribution in [3.8, 4) is 0 Å². The molecule has 4 aliphatic carbocycles. The van der Waals surface area contributed by atoms with E-state index in [1.54, 1.807) is 6.08 Å². The first-order valence-electron chi connectivity index (χ1n) is 12.8. The number of hydrogen-bond acceptors (Lipinski definition) is 4. The Morgan fingerprint density at radius 3 is 2.58 bits per heavy atom. The smallest absolute Gasteiger partial charge is 0.171 e. The zero-order valence-electron chi connectivity index (χ0n) is 19.6. The highest BCUT2D eigenvalue weighted by atomic mass is 16.7. The van der Waals surface area contributed by atoms with Crippen molar-refractivity contribution in [1.82, 2.24) is 0 Å². The van der Waals surface area contributed by atoms with Crippen LogP contribution in [0.25, 0.3) is 0 Å². The average molecular weight is 427 g/mol. The zero-order valence-corrected chi connectivity index (χ0v) is 19.6. The van der Waals surface area contributed by atoms with Gasteiger partial charge in [-0.25, -0.2) is 0 Å². The van der Waals surface area contributed by atoms with Crippen molar-refractivity contribution in [3.05, 3.63) is 11.6 Å². The Balaban J connectivity index is 1.31. The minimum atomic E-state index is -0.374. The van der Waals surface area contributed by atoms with Crippen LogP contribution in [0.15, 0.2) is 11.6 Å². The SMILES string of the molecule is C[C@H]1CC[C@]2(OC1)O[C@H]1C[C@H]3[C@@H]4CC(=O)C5=CC(=O)CC[C@]5(C)[C@H]4CC[C@]3(C)[C@H]1[C@H]2C. The van der Waals surface area contributed by atoms with Gasteiger partial charge >= 0.3 is 0 Å². The molecule has 0 aromatic carbocycles. The molecule has 0 aromatic rings. The molecule has 0 bridgehead atoms. The molecule has 0 unspecified atom stereocenters. The van der Waals surface area contributed by atoms with Crippen molar-refractivity contribution < 1.29 is 19.1 Å². The third-order valence-electron chi connectivity index (χ3n) is 11.1. The monoisotopic (exact) mass is 426 g/mol. The molecular weight excluding hydrogens is 388 g/mol. The molecule has 1 spiro atoms. The molecule has 31 heavy (non-hydrogen) atoms. The summed E-state index contributed by atoms with van der Waals surface area (Å²) < 4.78 is 13.2. The van der Waals surface area contributed by atoms with Crippen LogP contribution in [0.2, 0.25) is 0 Å². The second-order valence-corrected chi connectivity index (χ2v) is 12.5. The first-order chi connectivity index (χ1) is 14.7. The van der Waals surface area contributed by atoms with E-state index in [4.69, 9.17) is 9.47 Å². The van der Waals surface area contributed by atoms with Gasteiger partial charge in [-0.3, -0.25) is 9.59 Å². The predicted molar refractivity (Wildman–Crippen MR) is 117 cm³/mol. The van der Waals surface area contributed by atoms with E-state index in [-0.39, 0.29) is 34.3 Å². The quantitative estimate of drug-likeness (QED) is 0.541. The lowest BCUT2D eigenvalue weighted by molar-refractivity contribution is -0.272. The second-order valence-electron chi connectivity index (χ2n) is 12.5. The Kier molecular flexibility index (Phi) is 4.34. The summed E-state index contributed by atoms with van der Waals surface area (Å²) in [6.07, 6.45) is 9.73. The van der Waals surface area contributed by atoms with Crippen LogP contribution in [0.5, 0.6) is 0 Å². The number of ketones is 2. The van der Waals surface area contributed by atoms with Crippen LogP contribution >= 0.6 is 0 Å². The Morgan fingerprint density at radius 1 is 1.03 bits per heavy atom. The molecule has 6 aliphatic rings. The maximum absolute atomic E-state index is 13.2. The summed E-state index contributed by atoms with van der Waals surface area (Å²) in [4.78, 5) is 25.3. The van der Waals surface area contributed by atoms with Crippen LogP contribution < -0.4 is 0 Å². The molecule has 0 radical (unpaired) electrons. The number of carbonyl (C=O) groups excluding carboxylic acids is 2. The highest BCUT2D eigenvalue weighted by Crippen LogP contribution is 2.70. The normalized spacial score (nSPS) is 56.0. The lowest BCUT2D eigenvalue weighted by Crippen LogP contribution is -2.54. The van der Waals surface area contributed by atoms with E-state index >= 15 is 0 Å². The number of allylic oxidation sites excluding steroid dienone is 1. The fourth-order valence-electron chi connectivity index (χ4n) is 9.40. The maximum atomic E-state index is 13.2. The number of ether oxygens (including phenoxy) is 2. The van der Waals surface area contributed by atoms with Crippen LogP contribution in [0.3, 0.4) is 0 Å². The highest BCUT2D eigenvalue weighted by Gasteiger charge is 2.69. The van der Waals surface area contributed by atoms with Crippen molar-refractivity contribution in [1.29, 1.82) is 0 Å². The fourth-order valence-corrected chi connectivity index (χ4v) is 9.40. The van der Waals surface area contributed by atoms with Crippen LogP contribution in [-0.2, 0) is 19.1 Å². The number of carbonyl (C=O) groups is 2. The van der Waals surface area contributed by atoms with Crippen LogP contribution in [-0.4, -0.2) is 30.1 Å². The molecular formula is C27H38O4. The number of rotatable bonds is 0. The lowest BCUT2D eigenvalue weighted by Gasteiger charge is -2.58. The van der Waals surface area contributed by atoms with Gasteiger partial charge in [-0.05, 0) is 78.6 Å². The maximum Gasteiger partial charge on any atom is 0.171 e. The van der Waals surface area contributed by atoms with Gasteiger partial charge in [-0.15, -0.1) is 0 Å². The highest BCUT2D eigenvalue weighted by molar-refractivity contribution is 6.05. The van der Waals surface area contributed by atoms with Crippen molar-refractivity contribution in [2.45, 2.75) is 91.0 Å². The van der Waals surface area contributed by atoms with Gasteiger partial charge in [0.05, 0.1) is 12.7 Å². The predicted octanol–water partition coefficient (Wildman–Crippen LogP) is 5.10. The molecule has 2 aliphatic heterocycles. The molecule has 3 saturated carbocycles. The fraction of sp³-hybridized carbons (Fsp3) is 0.852. The van der Waals surface area contributed by atoms with E-state index in [2.05, 4.69) is 27.7 Å². The van der Waals surface area contributed by atoms with Crippen molar-refractivity contribution in [3.63, 3.8) is 0 Å². The van der Waals surface area contributed by atoms with Crippen molar-refractivity contribution in [2.75, 3.05) is 6.61 Å². The van der Waals surface area contributed by atoms with Gasteiger partial charge in [-0.2, -0.15) is 0 Å². The standard InChI is InChI=1S/C27H38O4/c1-15-5-10-27(30-14-15)16(2)24-23(31-27)13-20-18-12-22(29)21-11-17(28)6-8-25(21,3)19(18)7-9-26(20,24)4/h11,15-16,18-20,23-24H,5-10,12-14H2,1-4H3/t15-,16+,18+,19-,20-,23-,24-,25+,26-,27-/m0/s1. The average Bonchev–Trinajstić information content (AvgIpc) is 3.17. The molecule has 4 nitrogen and oxygen atoms in total. The van der Waals surface area contributed by atoms with E-state index < -0.39 is 0 Å². The molecule has 0 N–H and O–H groups in total. The van der Waals surface area contributed by atoms with E-state index in [1.165, 1.54) is 19.3 Å². The molecule has 2 saturated heterocycles. The summed E-state index contributed by atoms with van der Waals surface area (Å²) in [7, 11) is 0. The van der Waals surface area contributed by atoms with Crippen LogP contribution in [0, 0.1) is 46.3 Å². The summed E-state index contributed by atoms with van der Waals surface area (Å²) in [5.41, 5.74) is 0.965. The Morgan fingerprint density at radius 2 is 1.84 bits per heavy atom. The van der Waals surface area contributed by atoms with Gasteiger partial charge in [0, 0.05) is 30.8 Å². The topological polar surface area (TPSA) is 52.6 Å². The number of fused-ring (bicyclic) bond motifs is 7. The van der Waals surface area contributed by atoms with E-state index in [0.29, 0.717) is 48.3 Å². The molecule has 170 valence electrons. The van der Waals surface area contributed by atoms with Crippen LogP contribution in [0.1, 0.15) is 79.1 Å². The van der Waals surface area contributed by atoms with Gasteiger partial charge in [0.25, 0.3) is 0 Å². The first kappa shape index (κ1) is 20.6. The zero-order chi connectivity index (χ0) is 21.8. The number of hydrogen-bond donors (Lipinski definition) is 0. The molecule has 10 atom stereocenters. The van der Waals surface area contributed by atoms with Gasteiger partial charge < -0.3 is 9.47 Å². The minimum absolute atomic E-state index is 0.108. The summed E-state index contributed by atoms with van der Waals surface area (Å²) in [5, 5.41) is 0. The molecule has 6 rings (SSSR count). The van der Waals surface area contributed by atoms with E-state index in [0.717, 1.165) is 31.4 Å². The second kappa shape index (κ2) is 6.53. The van der Waals surface area contributed by atoms with E-state index in [1.807, 2.05) is 0 Å². The Hall–Kier alpha value is -1.00. The molecule has 2 heterocycles. The molecule has 5 fully saturated rings. The largest absolute Gasteiger partial charge is 0.349 e. The summed E-state index contributed by atoms with van der Waals surface area (Å²) in [5.74, 6) is 3.08. The van der Waals surface area contributed by atoms with Gasteiger partial charge in [0.15, 0.2) is 17.4 Å². The summed E-state index contributed by atoms with van der Waals surface area (Å²) in [6, 6.07) is 0. The van der Waals surface area contributed by atoms with Gasteiger partial charge in [-0.1, -0.05) is 27.7 Å². The summed E-state index contributed by atoms with van der Waals surface area (Å²) >= 11 is 0. The molecule has 4 heteroatoms. The van der Waals surface area contributed by atoms with E-state index in [9.17, 15) is 9.59 Å². The third-order valence-corrected chi connectivity index (χ3v) is 11.1. The number of Topliss-reactive ketones (excluding diaryl/α,β-unsaturated/α-hetero) is 1. The van der Waals surface area contributed by atoms with Crippen molar-refractivity contribution >= 4 is 11.6 Å². The van der Waals surface area contributed by atoms with Gasteiger partial charge in [0.1, 0.15) is 0 Å².